The predicted octanol–water partition coefficient (Wildman–Crippen LogP) is 4.67. The fourth-order valence-corrected chi connectivity index (χ4v) is 1.30. The number of aryl methyl sites for hydroxylation is 1. The van der Waals surface area contributed by atoms with Gasteiger partial charge in [-0.15, -0.1) is 0 Å². The van der Waals surface area contributed by atoms with Gasteiger partial charge in [0.15, 0.2) is 0 Å². The first kappa shape index (κ1) is 15.2. The van der Waals surface area contributed by atoms with Crippen molar-refractivity contribution in [3.63, 3.8) is 0 Å². The highest BCUT2D eigenvalue weighted by Gasteiger charge is 1.96. The Balaban J connectivity index is 0.000000385. The summed E-state index contributed by atoms with van der Waals surface area (Å²) in [5, 5.41) is 0.904. The monoisotopic (exact) mass is 240 g/mol. The van der Waals surface area contributed by atoms with E-state index in [9.17, 15) is 4.79 Å². The Morgan fingerprint density at radius 2 is 1.81 bits per heavy atom. The Morgan fingerprint density at radius 1 is 1.25 bits per heavy atom. The first-order valence-corrected chi connectivity index (χ1v) is 6.22. The van der Waals surface area contributed by atoms with Crippen LogP contribution in [0.4, 0.5) is 0 Å². The zero-order valence-corrected chi connectivity index (χ0v) is 11.2. The maximum atomic E-state index is 9.81. The molecule has 0 unspecified atom stereocenters. The van der Waals surface area contributed by atoms with Crippen molar-refractivity contribution in [1.29, 1.82) is 0 Å². The van der Waals surface area contributed by atoms with Gasteiger partial charge >= 0.3 is 0 Å². The van der Waals surface area contributed by atoms with Crippen LogP contribution in [0.15, 0.2) is 24.3 Å². The van der Waals surface area contributed by atoms with Crippen molar-refractivity contribution in [2.45, 2.75) is 46.5 Å². The molecule has 2 heteroatoms. The Bertz CT molecular complexity index is 307. The molecule has 0 N–H and O–H groups in total. The topological polar surface area (TPSA) is 17.1 Å². The van der Waals surface area contributed by atoms with Crippen molar-refractivity contribution in [2.24, 2.45) is 0 Å². The Hall–Kier alpha value is -0.820. The summed E-state index contributed by atoms with van der Waals surface area (Å²) in [7, 11) is 0. The van der Waals surface area contributed by atoms with Gasteiger partial charge in [0.05, 0.1) is 0 Å². The number of hydrogen-bond donors (Lipinski definition) is 0. The van der Waals surface area contributed by atoms with Gasteiger partial charge in [0.1, 0.15) is 5.78 Å². The zero-order chi connectivity index (χ0) is 12.4. The number of rotatable bonds is 4. The number of benzene rings is 1. The number of Topliss-reactive ketones (excluding diaryl/α,β-unsaturated/α-hetero) is 1. The molecule has 0 spiro atoms. The summed E-state index contributed by atoms with van der Waals surface area (Å²) >= 11 is 5.96. The summed E-state index contributed by atoms with van der Waals surface area (Å²) in [5.74, 6) is 0.255. The van der Waals surface area contributed by atoms with E-state index in [4.69, 9.17) is 11.6 Å². The standard InChI is InChI=1S/C10H13Cl.C4H8O/c1-2-3-6-9-7-4-5-8-10(9)11;1-3-4(2)5/h4-5,7-8H,2-3,6H2,1H3;3H2,1-2H3. The molecule has 1 rings (SSSR count). The van der Waals surface area contributed by atoms with Gasteiger partial charge in [-0.05, 0) is 31.4 Å². The van der Waals surface area contributed by atoms with Crippen LogP contribution >= 0.6 is 11.6 Å². The van der Waals surface area contributed by atoms with Gasteiger partial charge < -0.3 is 4.79 Å². The van der Waals surface area contributed by atoms with Crippen molar-refractivity contribution in [2.75, 3.05) is 0 Å². The third-order valence-electron chi connectivity index (χ3n) is 2.26. The predicted molar refractivity (Wildman–Crippen MR) is 71.0 cm³/mol. The molecule has 0 aliphatic rings. The van der Waals surface area contributed by atoms with E-state index < -0.39 is 0 Å². The van der Waals surface area contributed by atoms with E-state index in [-0.39, 0.29) is 5.78 Å². The fraction of sp³-hybridized carbons (Fsp3) is 0.500. The normalized spacial score (nSPS) is 9.25. The molecule has 0 aromatic heterocycles. The van der Waals surface area contributed by atoms with E-state index in [1.54, 1.807) is 6.92 Å². The van der Waals surface area contributed by atoms with Crippen LogP contribution in [0.1, 0.15) is 45.6 Å². The zero-order valence-electron chi connectivity index (χ0n) is 10.4. The van der Waals surface area contributed by atoms with E-state index in [0.717, 1.165) is 11.4 Å². The van der Waals surface area contributed by atoms with E-state index >= 15 is 0 Å². The molecule has 1 aromatic carbocycles. The molecule has 0 aliphatic heterocycles. The molecule has 90 valence electrons. The average molecular weight is 241 g/mol. The first-order valence-electron chi connectivity index (χ1n) is 5.84. The molecule has 0 atom stereocenters. The lowest BCUT2D eigenvalue weighted by atomic mass is 10.1. The number of carbonyl (C=O) groups is 1. The van der Waals surface area contributed by atoms with Crippen LogP contribution in [0.25, 0.3) is 0 Å². The molecule has 0 amide bonds. The molecular formula is C14H21ClO. The Kier molecular flexibility index (Phi) is 8.93. The van der Waals surface area contributed by atoms with Crippen LogP contribution < -0.4 is 0 Å². The summed E-state index contributed by atoms with van der Waals surface area (Å²) in [6.07, 6.45) is 4.23. The van der Waals surface area contributed by atoms with Gasteiger partial charge in [-0.25, -0.2) is 0 Å². The molecule has 0 radical (unpaired) electrons. The minimum Gasteiger partial charge on any atom is -0.300 e. The molecular weight excluding hydrogens is 220 g/mol. The highest BCUT2D eigenvalue weighted by Crippen LogP contribution is 2.16. The van der Waals surface area contributed by atoms with Gasteiger partial charge in [-0.2, -0.15) is 0 Å². The van der Waals surface area contributed by atoms with Crippen LogP contribution in [0.3, 0.4) is 0 Å². The minimum absolute atomic E-state index is 0.255. The summed E-state index contributed by atoms with van der Waals surface area (Å²) < 4.78 is 0. The quantitative estimate of drug-likeness (QED) is 0.748. The Morgan fingerprint density at radius 3 is 2.25 bits per heavy atom. The van der Waals surface area contributed by atoms with Crippen molar-refractivity contribution in [3.8, 4) is 0 Å². The second-order valence-electron chi connectivity index (χ2n) is 3.75. The maximum absolute atomic E-state index is 9.81. The van der Waals surface area contributed by atoms with Gasteiger partial charge in [-0.3, -0.25) is 0 Å². The number of carbonyl (C=O) groups excluding carboxylic acids is 1. The van der Waals surface area contributed by atoms with E-state index in [2.05, 4.69) is 13.0 Å². The van der Waals surface area contributed by atoms with Crippen molar-refractivity contribution >= 4 is 17.4 Å². The molecule has 0 fully saturated rings. The van der Waals surface area contributed by atoms with Gasteiger partial charge in [0.25, 0.3) is 0 Å². The Labute approximate surface area is 104 Å². The lowest BCUT2D eigenvalue weighted by Gasteiger charge is -2.00. The average Bonchev–Trinajstić information content (AvgIpc) is 2.29. The summed E-state index contributed by atoms with van der Waals surface area (Å²) in [4.78, 5) is 9.81. The second kappa shape index (κ2) is 9.41. The molecule has 1 nitrogen and oxygen atoms in total. The highest BCUT2D eigenvalue weighted by molar-refractivity contribution is 6.31. The second-order valence-corrected chi connectivity index (χ2v) is 4.16. The van der Waals surface area contributed by atoms with E-state index in [0.29, 0.717) is 6.42 Å². The molecule has 0 bridgehead atoms. The molecule has 0 heterocycles. The highest BCUT2D eigenvalue weighted by atomic mass is 35.5. The van der Waals surface area contributed by atoms with Crippen molar-refractivity contribution < 1.29 is 4.79 Å². The minimum atomic E-state index is 0.255. The van der Waals surface area contributed by atoms with Crippen LogP contribution in [0.2, 0.25) is 5.02 Å². The van der Waals surface area contributed by atoms with Gasteiger partial charge in [0, 0.05) is 11.4 Å². The number of halogens is 1. The smallest absolute Gasteiger partial charge is 0.129 e. The number of hydrogen-bond acceptors (Lipinski definition) is 1. The van der Waals surface area contributed by atoms with Crippen LogP contribution in [-0.2, 0) is 11.2 Å². The summed E-state index contributed by atoms with van der Waals surface area (Å²) in [6, 6.07) is 8.05. The van der Waals surface area contributed by atoms with Crippen molar-refractivity contribution in [3.05, 3.63) is 34.9 Å². The fourth-order valence-electron chi connectivity index (χ4n) is 1.07. The summed E-state index contributed by atoms with van der Waals surface area (Å²) in [5.41, 5.74) is 1.27. The molecule has 0 saturated heterocycles. The maximum Gasteiger partial charge on any atom is 0.129 e. The molecule has 0 saturated carbocycles. The summed E-state index contributed by atoms with van der Waals surface area (Å²) in [6.45, 7) is 5.62. The molecule has 0 aliphatic carbocycles. The first-order chi connectivity index (χ1) is 7.61. The van der Waals surface area contributed by atoms with E-state index in [1.165, 1.54) is 18.4 Å². The van der Waals surface area contributed by atoms with Crippen LogP contribution in [-0.4, -0.2) is 5.78 Å². The third-order valence-corrected chi connectivity index (χ3v) is 2.62. The van der Waals surface area contributed by atoms with Crippen LogP contribution in [0, 0.1) is 0 Å². The molecule has 16 heavy (non-hydrogen) atoms. The van der Waals surface area contributed by atoms with E-state index in [1.807, 2.05) is 25.1 Å². The SMILES string of the molecule is CCC(C)=O.CCCCc1ccccc1Cl. The third kappa shape index (κ3) is 7.47. The number of ketones is 1. The largest absolute Gasteiger partial charge is 0.300 e. The van der Waals surface area contributed by atoms with Gasteiger partial charge in [0.2, 0.25) is 0 Å². The van der Waals surface area contributed by atoms with Gasteiger partial charge in [-0.1, -0.05) is 50.1 Å². The lowest BCUT2D eigenvalue weighted by Crippen LogP contribution is -1.84. The number of unbranched alkanes of at least 4 members (excludes halogenated alkanes) is 1. The van der Waals surface area contributed by atoms with Crippen molar-refractivity contribution in [1.82, 2.24) is 0 Å². The molecule has 1 aromatic rings. The lowest BCUT2D eigenvalue weighted by molar-refractivity contribution is -0.116. The van der Waals surface area contributed by atoms with Crippen LogP contribution in [0.5, 0.6) is 0 Å².